The van der Waals surface area contributed by atoms with Crippen LogP contribution in [-0.4, -0.2) is 20.8 Å². The number of rotatable bonds is 3. The summed E-state index contributed by atoms with van der Waals surface area (Å²) in [4.78, 5) is 0.330. The van der Waals surface area contributed by atoms with Crippen molar-refractivity contribution in [1.82, 2.24) is 0 Å². The minimum absolute atomic E-state index is 0.313. The standard InChI is InChI=1S/C17H21BrO3S/c1-22(19,20)14-2-3-16(15(18)9-14)21-17-12-5-10-4-11(7-12)8-13(17)6-10/h2-3,9-13,17H,4-8H2,1H3. The zero-order valence-electron chi connectivity index (χ0n) is 12.7. The van der Waals surface area contributed by atoms with Crippen LogP contribution in [0.1, 0.15) is 32.1 Å². The fourth-order valence-corrected chi connectivity index (χ4v) is 6.29. The maximum atomic E-state index is 11.6. The van der Waals surface area contributed by atoms with Crippen molar-refractivity contribution in [3.05, 3.63) is 22.7 Å². The highest BCUT2D eigenvalue weighted by Crippen LogP contribution is 2.54. The number of hydrogen-bond donors (Lipinski definition) is 0. The molecule has 3 nitrogen and oxygen atoms in total. The molecule has 22 heavy (non-hydrogen) atoms. The van der Waals surface area contributed by atoms with E-state index in [4.69, 9.17) is 4.74 Å². The zero-order chi connectivity index (χ0) is 15.5. The summed E-state index contributed by atoms with van der Waals surface area (Å²) in [6, 6.07) is 5.10. The third-order valence-electron chi connectivity index (χ3n) is 5.73. The number of sulfone groups is 1. The van der Waals surface area contributed by atoms with Gasteiger partial charge in [0.15, 0.2) is 9.84 Å². The van der Waals surface area contributed by atoms with Gasteiger partial charge in [-0.2, -0.15) is 0 Å². The highest BCUT2D eigenvalue weighted by molar-refractivity contribution is 9.10. The molecule has 0 aromatic heterocycles. The van der Waals surface area contributed by atoms with Crippen molar-refractivity contribution in [2.45, 2.75) is 43.1 Å². The fraction of sp³-hybridized carbons (Fsp3) is 0.647. The first-order valence-corrected chi connectivity index (χ1v) is 10.7. The van der Waals surface area contributed by atoms with Crippen LogP contribution >= 0.6 is 15.9 Å². The lowest BCUT2D eigenvalue weighted by atomic mass is 9.55. The average Bonchev–Trinajstić information content (AvgIpc) is 2.42. The first kappa shape index (κ1) is 15.0. The van der Waals surface area contributed by atoms with Gasteiger partial charge in [-0.1, -0.05) is 0 Å². The zero-order valence-corrected chi connectivity index (χ0v) is 15.1. The van der Waals surface area contributed by atoms with Crippen molar-refractivity contribution >= 4 is 25.8 Å². The molecular weight excluding hydrogens is 364 g/mol. The normalized spacial score (nSPS) is 36.5. The topological polar surface area (TPSA) is 43.4 Å². The Morgan fingerprint density at radius 2 is 1.64 bits per heavy atom. The second kappa shape index (κ2) is 5.23. The molecule has 0 spiro atoms. The molecule has 4 saturated carbocycles. The van der Waals surface area contributed by atoms with Crippen LogP contribution in [0.15, 0.2) is 27.6 Å². The van der Waals surface area contributed by atoms with Crippen LogP contribution in [-0.2, 0) is 9.84 Å². The Bertz CT molecular complexity index is 670. The summed E-state index contributed by atoms with van der Waals surface area (Å²) in [6.45, 7) is 0. The molecule has 4 aliphatic rings. The maximum Gasteiger partial charge on any atom is 0.175 e. The van der Waals surface area contributed by atoms with Gasteiger partial charge in [0.25, 0.3) is 0 Å². The minimum atomic E-state index is -3.18. The van der Waals surface area contributed by atoms with Crippen molar-refractivity contribution in [2.24, 2.45) is 23.7 Å². The van der Waals surface area contributed by atoms with E-state index < -0.39 is 9.84 Å². The van der Waals surface area contributed by atoms with E-state index in [1.807, 2.05) is 0 Å². The third-order valence-corrected chi connectivity index (χ3v) is 7.46. The van der Waals surface area contributed by atoms with Gasteiger partial charge in [-0.3, -0.25) is 0 Å². The van der Waals surface area contributed by atoms with E-state index in [9.17, 15) is 8.42 Å². The largest absolute Gasteiger partial charge is 0.489 e. The smallest absolute Gasteiger partial charge is 0.175 e. The van der Waals surface area contributed by atoms with Gasteiger partial charge in [0, 0.05) is 6.26 Å². The predicted molar refractivity (Wildman–Crippen MR) is 88.7 cm³/mol. The van der Waals surface area contributed by atoms with Crippen molar-refractivity contribution in [1.29, 1.82) is 0 Å². The van der Waals surface area contributed by atoms with Crippen molar-refractivity contribution < 1.29 is 13.2 Å². The minimum Gasteiger partial charge on any atom is -0.489 e. The van der Waals surface area contributed by atoms with Crippen molar-refractivity contribution in [3.63, 3.8) is 0 Å². The van der Waals surface area contributed by atoms with E-state index >= 15 is 0 Å². The van der Waals surface area contributed by atoms with Gasteiger partial charge in [0.1, 0.15) is 11.9 Å². The summed E-state index contributed by atoms with van der Waals surface area (Å²) >= 11 is 3.48. The number of benzene rings is 1. The second-order valence-electron chi connectivity index (χ2n) is 7.38. The van der Waals surface area contributed by atoms with Crippen molar-refractivity contribution in [2.75, 3.05) is 6.26 Å². The Morgan fingerprint density at radius 3 is 2.14 bits per heavy atom. The van der Waals surface area contributed by atoms with E-state index in [0.29, 0.717) is 22.8 Å². The molecule has 0 unspecified atom stereocenters. The molecule has 4 aliphatic carbocycles. The predicted octanol–water partition coefficient (Wildman–Crippen LogP) is 4.06. The third kappa shape index (κ3) is 2.60. The lowest BCUT2D eigenvalue weighted by Gasteiger charge is -2.53. The second-order valence-corrected chi connectivity index (χ2v) is 10.2. The van der Waals surface area contributed by atoms with Crippen molar-refractivity contribution in [3.8, 4) is 5.75 Å². The van der Waals surface area contributed by atoms with Crippen LogP contribution in [0.3, 0.4) is 0 Å². The van der Waals surface area contributed by atoms with E-state index in [-0.39, 0.29) is 0 Å². The number of halogens is 1. The lowest BCUT2D eigenvalue weighted by Crippen LogP contribution is -2.50. The number of hydrogen-bond acceptors (Lipinski definition) is 3. The summed E-state index contributed by atoms with van der Waals surface area (Å²) in [5.74, 6) is 4.03. The van der Waals surface area contributed by atoms with E-state index in [1.54, 1.807) is 18.2 Å². The average molecular weight is 385 g/mol. The molecule has 0 radical (unpaired) electrons. The summed E-state index contributed by atoms with van der Waals surface area (Å²) in [6.07, 6.45) is 8.24. The lowest BCUT2D eigenvalue weighted by molar-refractivity contribution is -0.0792. The summed E-state index contributed by atoms with van der Waals surface area (Å²) in [5.41, 5.74) is 0. The van der Waals surface area contributed by atoms with Crippen LogP contribution in [0.5, 0.6) is 5.75 Å². The number of ether oxygens (including phenoxy) is 1. The Labute approximate surface area is 140 Å². The summed E-state index contributed by atoms with van der Waals surface area (Å²) < 4.78 is 30.3. The molecule has 0 heterocycles. The molecule has 0 N–H and O–H groups in total. The molecule has 0 atom stereocenters. The Hall–Kier alpha value is -0.550. The quantitative estimate of drug-likeness (QED) is 0.788. The van der Waals surface area contributed by atoms with Crippen LogP contribution in [0, 0.1) is 23.7 Å². The van der Waals surface area contributed by atoms with Crippen LogP contribution in [0.25, 0.3) is 0 Å². The Balaban J connectivity index is 1.57. The first-order chi connectivity index (χ1) is 10.4. The van der Waals surface area contributed by atoms with E-state index in [2.05, 4.69) is 15.9 Å². The van der Waals surface area contributed by atoms with Gasteiger partial charge in [0.2, 0.25) is 0 Å². The molecule has 120 valence electrons. The van der Waals surface area contributed by atoms with Crippen LogP contribution < -0.4 is 4.74 Å². The van der Waals surface area contributed by atoms with E-state index in [1.165, 1.54) is 38.4 Å². The van der Waals surface area contributed by atoms with E-state index in [0.717, 1.165) is 22.1 Å². The van der Waals surface area contributed by atoms with Gasteiger partial charge >= 0.3 is 0 Å². The monoisotopic (exact) mass is 384 g/mol. The van der Waals surface area contributed by atoms with Gasteiger partial charge in [-0.05, 0) is 89.9 Å². The molecule has 5 heteroatoms. The fourth-order valence-electron chi connectivity index (χ4n) is 5.02. The molecule has 4 fully saturated rings. The summed E-state index contributed by atoms with van der Waals surface area (Å²) in [7, 11) is -3.18. The highest BCUT2D eigenvalue weighted by atomic mass is 79.9. The molecule has 0 amide bonds. The molecule has 0 saturated heterocycles. The van der Waals surface area contributed by atoms with Crippen LogP contribution in [0.2, 0.25) is 0 Å². The van der Waals surface area contributed by atoms with Gasteiger partial charge in [0.05, 0.1) is 9.37 Å². The Kier molecular flexibility index (Phi) is 3.57. The molecular formula is C17H21BrO3S. The Morgan fingerprint density at radius 1 is 1.05 bits per heavy atom. The molecule has 0 aliphatic heterocycles. The SMILES string of the molecule is CS(=O)(=O)c1ccc(OC2C3CC4CC(C3)CC2C4)c(Br)c1. The molecule has 5 rings (SSSR count). The first-order valence-electron chi connectivity index (χ1n) is 8.06. The molecule has 1 aromatic carbocycles. The van der Waals surface area contributed by atoms with Gasteiger partial charge in [-0.15, -0.1) is 0 Å². The molecule has 4 bridgehead atoms. The highest BCUT2D eigenvalue weighted by Gasteiger charge is 2.49. The maximum absolute atomic E-state index is 11.6. The van der Waals surface area contributed by atoms with Gasteiger partial charge in [-0.25, -0.2) is 8.42 Å². The van der Waals surface area contributed by atoms with Crippen LogP contribution in [0.4, 0.5) is 0 Å². The summed E-state index contributed by atoms with van der Waals surface area (Å²) in [5, 5.41) is 0. The van der Waals surface area contributed by atoms with Gasteiger partial charge < -0.3 is 4.74 Å². The molecule has 1 aromatic rings.